The number of ether oxygens (including phenoxy) is 1. The van der Waals surface area contributed by atoms with Crippen molar-refractivity contribution in [1.29, 1.82) is 0 Å². The van der Waals surface area contributed by atoms with E-state index in [1.165, 1.54) is 13.2 Å². The molecule has 6 heteroatoms. The van der Waals surface area contributed by atoms with E-state index in [4.69, 9.17) is 9.31 Å². The molecule has 1 aliphatic heterocycles. The number of carbonyl (C=O) groups excluding carboxylic acids is 1. The van der Waals surface area contributed by atoms with Crippen molar-refractivity contribution in [2.75, 3.05) is 20.7 Å². The molecule has 0 unspecified atom stereocenters. The molecule has 1 aromatic carbocycles. The monoisotopic (exact) mass is 357 g/mol. The maximum absolute atomic E-state index is 11.2. The summed E-state index contributed by atoms with van der Waals surface area (Å²) >= 11 is 0. The third kappa shape index (κ3) is 4.84. The Labute approximate surface area is 156 Å². The number of likely N-dealkylation sites (N-methyl/N-ethyl adjacent to an activating group) is 1. The van der Waals surface area contributed by atoms with Crippen molar-refractivity contribution in [1.82, 2.24) is 5.32 Å². The first-order valence-electron chi connectivity index (χ1n) is 8.75. The lowest BCUT2D eigenvalue weighted by molar-refractivity contribution is -0.134. The Balaban J connectivity index is 2.19. The zero-order valence-corrected chi connectivity index (χ0v) is 16.5. The average molecular weight is 357 g/mol. The van der Waals surface area contributed by atoms with Gasteiger partial charge in [0.2, 0.25) is 0 Å². The van der Waals surface area contributed by atoms with Crippen LogP contribution in [0.5, 0.6) is 0 Å². The average Bonchev–Trinajstić information content (AvgIpc) is 2.81. The van der Waals surface area contributed by atoms with E-state index in [-0.39, 0.29) is 24.3 Å². The van der Waals surface area contributed by atoms with Gasteiger partial charge in [-0.1, -0.05) is 30.3 Å². The van der Waals surface area contributed by atoms with Crippen LogP contribution in [0.4, 0.5) is 0 Å². The molecule has 0 atom stereocenters. The highest BCUT2D eigenvalue weighted by Gasteiger charge is 2.52. The normalized spacial score (nSPS) is 19.2. The molecule has 1 fully saturated rings. The highest BCUT2D eigenvalue weighted by atomic mass is 16.7. The van der Waals surface area contributed by atoms with E-state index in [0.717, 1.165) is 16.6 Å². The molecule has 1 aliphatic rings. The summed E-state index contributed by atoms with van der Waals surface area (Å²) in [6, 6.07) is 7.90. The molecule has 0 bridgehead atoms. The molecule has 0 aliphatic carbocycles. The maximum Gasteiger partial charge on any atom is 0.491 e. The number of hydrogen-bond donors (Lipinski definition) is 1. The molecular formula is C20H28BNO4. The van der Waals surface area contributed by atoms with Crippen LogP contribution < -0.4 is 5.32 Å². The van der Waals surface area contributed by atoms with Crippen molar-refractivity contribution in [2.24, 2.45) is 0 Å². The van der Waals surface area contributed by atoms with Gasteiger partial charge in [-0.15, -0.1) is 0 Å². The Morgan fingerprint density at radius 1 is 1.12 bits per heavy atom. The summed E-state index contributed by atoms with van der Waals surface area (Å²) in [4.78, 5) is 11.2. The van der Waals surface area contributed by atoms with E-state index in [1.807, 2.05) is 59.0 Å². The molecule has 2 rings (SSSR count). The lowest BCUT2D eigenvalue weighted by atomic mass is 9.77. The van der Waals surface area contributed by atoms with E-state index in [9.17, 15) is 4.79 Å². The Morgan fingerprint density at radius 3 is 2.15 bits per heavy atom. The zero-order valence-electron chi connectivity index (χ0n) is 16.5. The molecule has 0 amide bonds. The first-order chi connectivity index (χ1) is 12.2. The second-order valence-electron chi connectivity index (χ2n) is 7.36. The van der Waals surface area contributed by atoms with Crippen LogP contribution in [0.1, 0.15) is 38.8 Å². The van der Waals surface area contributed by atoms with Crippen LogP contribution in [-0.2, 0) is 18.8 Å². The molecule has 1 saturated heterocycles. The van der Waals surface area contributed by atoms with Crippen molar-refractivity contribution in [3.63, 3.8) is 0 Å². The summed E-state index contributed by atoms with van der Waals surface area (Å²) in [5.41, 5.74) is 2.27. The van der Waals surface area contributed by atoms with Crippen molar-refractivity contribution < 1.29 is 18.8 Å². The first kappa shape index (κ1) is 20.4. The van der Waals surface area contributed by atoms with Gasteiger partial charge in [-0.25, -0.2) is 4.79 Å². The third-order valence-corrected chi connectivity index (χ3v) is 4.84. The maximum atomic E-state index is 11.2. The van der Waals surface area contributed by atoms with Gasteiger partial charge in [0.1, 0.15) is 0 Å². The zero-order chi connectivity index (χ0) is 19.4. The molecule has 0 spiro atoms. The summed E-state index contributed by atoms with van der Waals surface area (Å²) in [7, 11) is 2.88. The number of hydrogen-bond acceptors (Lipinski definition) is 5. The predicted molar refractivity (Wildman–Crippen MR) is 105 cm³/mol. The second kappa shape index (κ2) is 8.21. The number of esters is 1. The summed E-state index contributed by atoms with van der Waals surface area (Å²) in [5, 5.41) is 3.18. The van der Waals surface area contributed by atoms with Gasteiger partial charge in [-0.2, -0.15) is 0 Å². The highest BCUT2D eigenvalue weighted by molar-refractivity contribution is 6.55. The summed E-state index contributed by atoms with van der Waals surface area (Å²) in [6.07, 6.45) is 5.20. The van der Waals surface area contributed by atoms with Crippen molar-refractivity contribution in [3.05, 3.63) is 46.9 Å². The number of methoxy groups -OCH3 is 1. The molecule has 0 radical (unpaired) electrons. The molecule has 140 valence electrons. The summed E-state index contributed by atoms with van der Waals surface area (Å²) < 4.78 is 16.9. The van der Waals surface area contributed by atoms with E-state index >= 15 is 0 Å². The van der Waals surface area contributed by atoms with Gasteiger partial charge in [-0.3, -0.25) is 0 Å². The van der Waals surface area contributed by atoms with E-state index in [0.29, 0.717) is 6.54 Å². The van der Waals surface area contributed by atoms with Gasteiger partial charge in [0.15, 0.2) is 0 Å². The minimum atomic E-state index is -0.383. The van der Waals surface area contributed by atoms with Gasteiger partial charge in [0, 0.05) is 12.6 Å². The lowest BCUT2D eigenvalue weighted by Crippen LogP contribution is -2.41. The fraction of sp³-hybridized carbons (Fsp3) is 0.450. The quantitative estimate of drug-likeness (QED) is 0.482. The molecule has 26 heavy (non-hydrogen) atoms. The van der Waals surface area contributed by atoms with Gasteiger partial charge in [0.25, 0.3) is 0 Å². The predicted octanol–water partition coefficient (Wildman–Crippen LogP) is 3.11. The largest absolute Gasteiger partial charge is 0.491 e. The first-order valence-corrected chi connectivity index (χ1v) is 8.75. The standard InChI is InChI=1S/C20H28BNO4/c1-19(2)20(3,4)26-21(25-19)17(14-22-5)13-16-9-7-15(8-10-16)11-12-18(23)24-6/h7-13,22H,14H2,1-6H3/b12-11+,17-13?. The molecular weight excluding hydrogens is 329 g/mol. The lowest BCUT2D eigenvalue weighted by Gasteiger charge is -2.32. The summed E-state index contributed by atoms with van der Waals surface area (Å²) in [6.45, 7) is 8.86. The van der Waals surface area contributed by atoms with Crippen LogP contribution in [0.25, 0.3) is 12.2 Å². The Kier molecular flexibility index (Phi) is 6.45. The highest BCUT2D eigenvalue weighted by Crippen LogP contribution is 2.38. The van der Waals surface area contributed by atoms with Crippen LogP contribution in [0.2, 0.25) is 0 Å². The van der Waals surface area contributed by atoms with Crippen molar-refractivity contribution in [3.8, 4) is 0 Å². The Bertz CT molecular complexity index is 676. The van der Waals surface area contributed by atoms with E-state index in [2.05, 4.69) is 16.1 Å². The molecule has 5 nitrogen and oxygen atoms in total. The smallest absolute Gasteiger partial charge is 0.466 e. The number of carbonyl (C=O) groups is 1. The van der Waals surface area contributed by atoms with Crippen LogP contribution >= 0.6 is 0 Å². The molecule has 1 aromatic rings. The fourth-order valence-corrected chi connectivity index (χ4v) is 2.55. The summed E-state index contributed by atoms with van der Waals surface area (Å²) in [5.74, 6) is -0.369. The van der Waals surface area contributed by atoms with Gasteiger partial charge >= 0.3 is 13.1 Å². The second-order valence-corrected chi connectivity index (χ2v) is 7.36. The SMILES string of the molecule is CNCC(=Cc1ccc(/C=C/C(=O)OC)cc1)B1OC(C)(C)C(C)(C)O1. The number of rotatable bonds is 6. The minimum Gasteiger partial charge on any atom is -0.466 e. The molecule has 0 saturated carbocycles. The van der Waals surface area contributed by atoms with Gasteiger partial charge in [0.05, 0.1) is 18.3 Å². The fourth-order valence-electron chi connectivity index (χ4n) is 2.55. The van der Waals surface area contributed by atoms with Crippen molar-refractivity contribution >= 4 is 25.2 Å². The number of benzene rings is 1. The third-order valence-electron chi connectivity index (χ3n) is 4.84. The van der Waals surface area contributed by atoms with Crippen LogP contribution in [0, 0.1) is 0 Å². The van der Waals surface area contributed by atoms with E-state index < -0.39 is 0 Å². The van der Waals surface area contributed by atoms with Gasteiger partial charge < -0.3 is 19.4 Å². The minimum absolute atomic E-state index is 0.368. The van der Waals surface area contributed by atoms with Crippen molar-refractivity contribution in [2.45, 2.75) is 38.9 Å². The topological polar surface area (TPSA) is 56.8 Å². The number of nitrogens with one attached hydrogen (secondary N) is 1. The van der Waals surface area contributed by atoms with E-state index in [1.54, 1.807) is 6.08 Å². The van der Waals surface area contributed by atoms with Crippen LogP contribution in [0.3, 0.4) is 0 Å². The Morgan fingerprint density at radius 2 is 1.65 bits per heavy atom. The Hall–Kier alpha value is -1.89. The van der Waals surface area contributed by atoms with Gasteiger partial charge in [-0.05, 0) is 57.4 Å². The van der Waals surface area contributed by atoms with Crippen LogP contribution in [-0.4, -0.2) is 45.0 Å². The molecule has 1 N–H and O–H groups in total. The molecule has 0 aromatic heterocycles. The molecule has 1 heterocycles. The van der Waals surface area contributed by atoms with Crippen LogP contribution in [0.15, 0.2) is 35.8 Å².